The molecular formula is C19H25NSi. The predicted octanol–water partition coefficient (Wildman–Crippen LogP) is 5.78. The molecule has 0 heterocycles. The number of para-hydroxylation sites is 1. The highest BCUT2D eigenvalue weighted by Crippen LogP contribution is 2.33. The highest BCUT2D eigenvalue weighted by Gasteiger charge is 2.28. The number of anilines is 1. The lowest BCUT2D eigenvalue weighted by Crippen LogP contribution is -2.45. The first-order valence-corrected chi connectivity index (χ1v) is 10.9. The average molecular weight is 296 g/mol. The largest absolute Gasteiger partial charge is 0.369 e. The average Bonchev–Trinajstić information content (AvgIpc) is 2.44. The molecule has 1 nitrogen and oxygen atoms in total. The summed E-state index contributed by atoms with van der Waals surface area (Å²) in [5.74, 6) is 0. The first-order valence-electron chi connectivity index (χ1n) is 7.49. The second kappa shape index (κ2) is 6.31. The molecule has 0 saturated carbocycles. The summed E-state index contributed by atoms with van der Waals surface area (Å²) in [4.78, 5) is 0. The van der Waals surface area contributed by atoms with Crippen LogP contribution in [0.4, 0.5) is 5.69 Å². The Kier molecular flexibility index (Phi) is 4.68. The Hall–Kier alpha value is -1.80. The monoisotopic (exact) mass is 295 g/mol. The molecule has 0 saturated heterocycles. The van der Waals surface area contributed by atoms with Crippen molar-refractivity contribution in [2.45, 2.75) is 33.5 Å². The van der Waals surface area contributed by atoms with E-state index < -0.39 is 8.24 Å². The Bertz CT molecular complexity index is 605. The van der Waals surface area contributed by atoms with Gasteiger partial charge in [-0.15, -0.1) is 0 Å². The van der Waals surface area contributed by atoms with Gasteiger partial charge in [0, 0.05) is 11.4 Å². The van der Waals surface area contributed by atoms with E-state index in [1.807, 2.05) is 0 Å². The third kappa shape index (κ3) is 3.64. The van der Waals surface area contributed by atoms with Crippen molar-refractivity contribution >= 4 is 19.6 Å². The van der Waals surface area contributed by atoms with E-state index in [-0.39, 0.29) is 0 Å². The van der Waals surface area contributed by atoms with Gasteiger partial charge in [0.05, 0.1) is 0 Å². The van der Waals surface area contributed by atoms with Crippen LogP contribution < -0.4 is 4.57 Å². The number of hydrogen-bond acceptors (Lipinski definition) is 1. The molecule has 2 heteroatoms. The Labute approximate surface area is 130 Å². The first-order chi connectivity index (χ1) is 9.91. The van der Waals surface area contributed by atoms with Crippen molar-refractivity contribution in [3.05, 3.63) is 71.8 Å². The standard InChI is InChI=1S/C19H25NSi/c1-16(2)19(17-12-8-6-9-13-17)20(21(3,4)5)18-14-10-7-11-15-18/h6-15H,1-5H3. The minimum absolute atomic E-state index is 1.29. The van der Waals surface area contributed by atoms with Gasteiger partial charge in [0.25, 0.3) is 0 Å². The van der Waals surface area contributed by atoms with Crippen LogP contribution in [0.3, 0.4) is 0 Å². The molecule has 110 valence electrons. The van der Waals surface area contributed by atoms with Crippen LogP contribution in [0.5, 0.6) is 0 Å². The van der Waals surface area contributed by atoms with Crippen molar-refractivity contribution in [1.29, 1.82) is 0 Å². The van der Waals surface area contributed by atoms with Gasteiger partial charge >= 0.3 is 0 Å². The molecule has 2 rings (SSSR count). The van der Waals surface area contributed by atoms with E-state index in [1.165, 1.54) is 22.5 Å². The Morgan fingerprint density at radius 1 is 0.762 bits per heavy atom. The first kappa shape index (κ1) is 15.6. The molecule has 0 unspecified atom stereocenters. The molecule has 0 aliphatic rings. The quantitative estimate of drug-likeness (QED) is 0.646. The molecule has 21 heavy (non-hydrogen) atoms. The van der Waals surface area contributed by atoms with Gasteiger partial charge in [0.2, 0.25) is 0 Å². The van der Waals surface area contributed by atoms with Crippen molar-refractivity contribution in [2.24, 2.45) is 0 Å². The second-order valence-corrected chi connectivity index (χ2v) is 11.3. The lowest BCUT2D eigenvalue weighted by molar-refractivity contribution is 1.26. The SMILES string of the molecule is CC(C)=C(c1ccccc1)N(c1ccccc1)[Si](C)(C)C. The van der Waals surface area contributed by atoms with Crippen LogP contribution in [-0.2, 0) is 0 Å². The third-order valence-corrected chi connectivity index (χ3v) is 5.25. The van der Waals surface area contributed by atoms with Gasteiger partial charge in [-0.2, -0.15) is 0 Å². The lowest BCUT2D eigenvalue weighted by atomic mass is 10.1. The molecule has 0 aliphatic heterocycles. The maximum absolute atomic E-state index is 2.57. The maximum atomic E-state index is 2.57. The third-order valence-electron chi connectivity index (χ3n) is 3.43. The van der Waals surface area contributed by atoms with E-state index >= 15 is 0 Å². The molecule has 0 atom stereocenters. The zero-order valence-corrected chi connectivity index (χ0v) is 14.7. The fourth-order valence-corrected chi connectivity index (χ4v) is 4.61. The van der Waals surface area contributed by atoms with Crippen LogP contribution in [0.15, 0.2) is 66.2 Å². The summed E-state index contributed by atoms with van der Waals surface area (Å²) in [5, 5.41) is 0. The van der Waals surface area contributed by atoms with Crippen LogP contribution >= 0.6 is 0 Å². The predicted molar refractivity (Wildman–Crippen MR) is 97.0 cm³/mol. The van der Waals surface area contributed by atoms with Crippen LogP contribution in [0, 0.1) is 0 Å². The Morgan fingerprint density at radius 3 is 1.67 bits per heavy atom. The summed E-state index contributed by atoms with van der Waals surface area (Å²) >= 11 is 0. The molecule has 2 aromatic rings. The van der Waals surface area contributed by atoms with E-state index in [0.29, 0.717) is 0 Å². The molecule has 0 amide bonds. The summed E-state index contributed by atoms with van der Waals surface area (Å²) < 4.78 is 2.57. The molecule has 0 N–H and O–H groups in total. The number of benzene rings is 2. The minimum atomic E-state index is -1.56. The fraction of sp³-hybridized carbons (Fsp3) is 0.263. The molecule has 0 bridgehead atoms. The summed E-state index contributed by atoms with van der Waals surface area (Å²) in [6.45, 7) is 11.6. The zero-order valence-electron chi connectivity index (χ0n) is 13.7. The number of hydrogen-bond donors (Lipinski definition) is 0. The van der Waals surface area contributed by atoms with Gasteiger partial charge in [-0.25, -0.2) is 0 Å². The summed E-state index contributed by atoms with van der Waals surface area (Å²) in [6, 6.07) is 21.5. The van der Waals surface area contributed by atoms with E-state index in [2.05, 4.69) is 98.7 Å². The van der Waals surface area contributed by atoms with Crippen molar-refractivity contribution in [2.75, 3.05) is 4.57 Å². The molecule has 0 aromatic heterocycles. The highest BCUT2D eigenvalue weighted by atomic mass is 28.3. The van der Waals surface area contributed by atoms with Gasteiger partial charge in [-0.3, -0.25) is 0 Å². The van der Waals surface area contributed by atoms with Gasteiger partial charge in [-0.05, 0) is 31.5 Å². The normalized spacial score (nSPS) is 11.1. The van der Waals surface area contributed by atoms with Gasteiger partial charge in [0.1, 0.15) is 0 Å². The maximum Gasteiger partial charge on any atom is 0.153 e. The zero-order chi connectivity index (χ0) is 15.5. The second-order valence-electron chi connectivity index (χ2n) is 6.56. The van der Waals surface area contributed by atoms with Crippen molar-refractivity contribution < 1.29 is 0 Å². The molecule has 2 aromatic carbocycles. The summed E-state index contributed by atoms with van der Waals surface area (Å²) in [5.41, 5.74) is 5.29. The van der Waals surface area contributed by atoms with Crippen LogP contribution in [0.2, 0.25) is 19.6 Å². The fourth-order valence-electron chi connectivity index (χ4n) is 2.67. The topological polar surface area (TPSA) is 3.24 Å². The van der Waals surface area contributed by atoms with Gasteiger partial charge < -0.3 is 4.57 Å². The van der Waals surface area contributed by atoms with Crippen molar-refractivity contribution in [1.82, 2.24) is 0 Å². The van der Waals surface area contributed by atoms with E-state index in [1.54, 1.807) is 0 Å². The highest BCUT2D eigenvalue weighted by molar-refractivity contribution is 6.81. The number of nitrogens with zero attached hydrogens (tertiary/aromatic N) is 1. The molecule has 0 fully saturated rings. The Balaban J connectivity index is 2.62. The summed E-state index contributed by atoms with van der Waals surface area (Å²) in [7, 11) is -1.56. The number of rotatable bonds is 4. The minimum Gasteiger partial charge on any atom is -0.369 e. The molecule has 0 aliphatic carbocycles. The lowest BCUT2D eigenvalue weighted by Gasteiger charge is -2.39. The van der Waals surface area contributed by atoms with Crippen LogP contribution in [0.1, 0.15) is 19.4 Å². The Morgan fingerprint density at radius 2 is 1.24 bits per heavy atom. The van der Waals surface area contributed by atoms with Crippen molar-refractivity contribution in [3.8, 4) is 0 Å². The van der Waals surface area contributed by atoms with E-state index in [4.69, 9.17) is 0 Å². The van der Waals surface area contributed by atoms with Crippen LogP contribution in [0.25, 0.3) is 5.70 Å². The van der Waals surface area contributed by atoms with Gasteiger partial charge in [-0.1, -0.05) is 73.7 Å². The molecule has 0 spiro atoms. The van der Waals surface area contributed by atoms with Gasteiger partial charge in [0.15, 0.2) is 8.24 Å². The molecule has 0 radical (unpaired) electrons. The van der Waals surface area contributed by atoms with E-state index in [9.17, 15) is 0 Å². The molecular weight excluding hydrogens is 270 g/mol. The van der Waals surface area contributed by atoms with E-state index in [0.717, 1.165) is 0 Å². The smallest absolute Gasteiger partial charge is 0.153 e. The van der Waals surface area contributed by atoms with Crippen molar-refractivity contribution in [3.63, 3.8) is 0 Å². The van der Waals surface area contributed by atoms with Crippen LogP contribution in [-0.4, -0.2) is 8.24 Å². The summed E-state index contributed by atoms with van der Waals surface area (Å²) in [6.07, 6.45) is 0. The number of allylic oxidation sites excluding steroid dienone is 1.